The van der Waals surface area contributed by atoms with Gasteiger partial charge in [0.15, 0.2) is 0 Å². The Kier molecular flexibility index (Phi) is 8.62. The molecule has 0 aromatic heterocycles. The Balaban J connectivity index is 1.45. The van der Waals surface area contributed by atoms with Gasteiger partial charge < -0.3 is 15.3 Å². The van der Waals surface area contributed by atoms with Crippen molar-refractivity contribution in [2.75, 3.05) is 39.3 Å². The number of carbonyl (C=O) groups is 2. The highest BCUT2D eigenvalue weighted by molar-refractivity contribution is 5.95. The van der Waals surface area contributed by atoms with Gasteiger partial charge in [-0.3, -0.25) is 14.5 Å². The van der Waals surface area contributed by atoms with Crippen LogP contribution in [0, 0.1) is 6.92 Å². The van der Waals surface area contributed by atoms with Crippen molar-refractivity contribution in [2.45, 2.75) is 32.2 Å². The zero-order valence-corrected chi connectivity index (χ0v) is 18.3. The van der Waals surface area contributed by atoms with Gasteiger partial charge in [0.2, 0.25) is 5.91 Å². The number of benzene rings is 2. The van der Waals surface area contributed by atoms with E-state index in [1.54, 1.807) is 0 Å². The first-order valence-corrected chi connectivity index (χ1v) is 11.1. The lowest BCUT2D eigenvalue weighted by Gasteiger charge is -2.34. The molecule has 0 bridgehead atoms. The molecule has 166 valence electrons. The summed E-state index contributed by atoms with van der Waals surface area (Å²) in [5.74, 6) is 0.0445. The zero-order valence-electron chi connectivity index (χ0n) is 18.3. The Hall–Kier alpha value is -2.70. The van der Waals surface area contributed by atoms with E-state index in [-0.39, 0.29) is 24.5 Å². The molecule has 1 saturated heterocycles. The summed E-state index contributed by atoms with van der Waals surface area (Å²) in [4.78, 5) is 29.2. The van der Waals surface area contributed by atoms with Gasteiger partial charge in [-0.25, -0.2) is 0 Å². The fourth-order valence-corrected chi connectivity index (χ4v) is 4.00. The summed E-state index contributed by atoms with van der Waals surface area (Å²) < 4.78 is 0. The van der Waals surface area contributed by atoms with E-state index in [0.717, 1.165) is 31.4 Å². The predicted octanol–water partition coefficient (Wildman–Crippen LogP) is 2.25. The molecule has 0 aliphatic carbocycles. The molecule has 3 rings (SSSR count). The van der Waals surface area contributed by atoms with E-state index in [0.29, 0.717) is 31.7 Å². The highest BCUT2D eigenvalue weighted by Crippen LogP contribution is 2.14. The predicted molar refractivity (Wildman–Crippen MR) is 122 cm³/mol. The molecule has 0 unspecified atom stereocenters. The number of hydrogen-bond donors (Lipinski definition) is 2. The van der Waals surface area contributed by atoms with Crippen molar-refractivity contribution >= 4 is 11.8 Å². The topological polar surface area (TPSA) is 72.9 Å². The lowest BCUT2D eigenvalue weighted by molar-refractivity contribution is -0.133. The normalized spacial score (nSPS) is 14.6. The first kappa shape index (κ1) is 23.0. The number of hydrogen-bond acceptors (Lipinski definition) is 4. The fourth-order valence-electron chi connectivity index (χ4n) is 4.00. The minimum absolute atomic E-state index is 0.0368. The maximum absolute atomic E-state index is 12.8. The second-order valence-corrected chi connectivity index (χ2v) is 8.18. The average Bonchev–Trinajstić information content (AvgIpc) is 2.79. The first-order valence-electron chi connectivity index (χ1n) is 11.1. The molecule has 2 amide bonds. The van der Waals surface area contributed by atoms with Crippen LogP contribution in [-0.2, 0) is 11.2 Å². The van der Waals surface area contributed by atoms with Crippen LogP contribution in [0.3, 0.4) is 0 Å². The number of carbonyl (C=O) groups excluding carboxylic acids is 2. The van der Waals surface area contributed by atoms with E-state index in [2.05, 4.69) is 17.4 Å². The van der Waals surface area contributed by atoms with Crippen LogP contribution >= 0.6 is 0 Å². The van der Waals surface area contributed by atoms with Crippen LogP contribution < -0.4 is 5.32 Å². The van der Waals surface area contributed by atoms with Crippen molar-refractivity contribution in [3.05, 3.63) is 71.3 Å². The Morgan fingerprint density at radius 3 is 2.39 bits per heavy atom. The highest BCUT2D eigenvalue weighted by Gasteiger charge is 2.25. The van der Waals surface area contributed by atoms with E-state index in [4.69, 9.17) is 0 Å². The van der Waals surface area contributed by atoms with Crippen molar-refractivity contribution in [1.29, 1.82) is 0 Å². The largest absolute Gasteiger partial charge is 0.395 e. The molecule has 31 heavy (non-hydrogen) atoms. The third-order valence-corrected chi connectivity index (χ3v) is 5.91. The number of aliphatic hydroxyl groups excluding tert-OH is 1. The highest BCUT2D eigenvalue weighted by atomic mass is 16.3. The summed E-state index contributed by atoms with van der Waals surface area (Å²) in [6.45, 7) is 4.79. The number of rotatable bonds is 9. The Morgan fingerprint density at radius 2 is 1.71 bits per heavy atom. The van der Waals surface area contributed by atoms with Gasteiger partial charge in [-0.05, 0) is 43.4 Å². The summed E-state index contributed by atoms with van der Waals surface area (Å²) in [5, 5.41) is 12.5. The number of aliphatic hydroxyl groups is 1. The number of aryl methyl sites for hydroxylation is 1. The van der Waals surface area contributed by atoms with Crippen LogP contribution in [0.15, 0.2) is 54.6 Å². The first-order chi connectivity index (χ1) is 15.1. The van der Waals surface area contributed by atoms with E-state index >= 15 is 0 Å². The molecular weight excluding hydrogens is 390 g/mol. The summed E-state index contributed by atoms with van der Waals surface area (Å²) in [5.41, 5.74) is 2.90. The molecule has 2 aromatic carbocycles. The van der Waals surface area contributed by atoms with Crippen LogP contribution in [0.2, 0.25) is 0 Å². The van der Waals surface area contributed by atoms with Gasteiger partial charge in [0.05, 0.1) is 13.2 Å². The fraction of sp³-hybridized carbons (Fsp3) is 0.440. The number of likely N-dealkylation sites (tertiary alicyclic amines) is 1. The minimum atomic E-state index is -0.0436. The van der Waals surface area contributed by atoms with Crippen molar-refractivity contribution in [3.8, 4) is 0 Å². The lowest BCUT2D eigenvalue weighted by Crippen LogP contribution is -2.49. The van der Waals surface area contributed by atoms with Gasteiger partial charge in [0.1, 0.15) is 0 Å². The number of amides is 2. The van der Waals surface area contributed by atoms with Gasteiger partial charge in [0.25, 0.3) is 5.91 Å². The molecule has 0 atom stereocenters. The number of nitrogens with zero attached hydrogens (tertiary/aromatic N) is 2. The SMILES string of the molecule is Cc1ccccc1C(=O)NC1CCN(C(=O)CN(CCO)CCc2ccccc2)CC1. The molecule has 1 aliphatic rings. The monoisotopic (exact) mass is 423 g/mol. The Labute approximate surface area is 184 Å². The summed E-state index contributed by atoms with van der Waals surface area (Å²) in [6, 6.07) is 17.8. The van der Waals surface area contributed by atoms with E-state index in [1.165, 1.54) is 5.56 Å². The average molecular weight is 424 g/mol. The number of nitrogens with one attached hydrogen (secondary N) is 1. The second kappa shape index (κ2) is 11.6. The second-order valence-electron chi connectivity index (χ2n) is 8.18. The van der Waals surface area contributed by atoms with Crippen molar-refractivity contribution in [2.24, 2.45) is 0 Å². The quantitative estimate of drug-likeness (QED) is 0.649. The molecule has 2 N–H and O–H groups in total. The molecule has 6 heteroatoms. The molecular formula is C25H33N3O3. The van der Waals surface area contributed by atoms with Gasteiger partial charge >= 0.3 is 0 Å². The molecule has 2 aromatic rings. The standard InChI is InChI=1S/C25H33N3O3/c1-20-7-5-6-10-23(20)25(31)26-22-12-15-28(16-13-22)24(30)19-27(17-18-29)14-11-21-8-3-2-4-9-21/h2-10,22,29H,11-19H2,1H3,(H,26,31). The number of piperidine rings is 1. The van der Waals surface area contributed by atoms with Crippen LogP contribution in [0.5, 0.6) is 0 Å². The molecule has 0 saturated carbocycles. The maximum atomic E-state index is 12.8. The molecule has 0 spiro atoms. The maximum Gasteiger partial charge on any atom is 0.251 e. The summed E-state index contributed by atoms with van der Waals surface area (Å²) in [7, 11) is 0. The zero-order chi connectivity index (χ0) is 22.1. The molecule has 6 nitrogen and oxygen atoms in total. The summed E-state index contributed by atoms with van der Waals surface area (Å²) >= 11 is 0. The van der Waals surface area contributed by atoms with Crippen LogP contribution in [0.1, 0.15) is 34.3 Å². The van der Waals surface area contributed by atoms with E-state index in [1.807, 2.05) is 59.2 Å². The smallest absolute Gasteiger partial charge is 0.251 e. The van der Waals surface area contributed by atoms with Crippen molar-refractivity contribution in [3.63, 3.8) is 0 Å². The third kappa shape index (κ3) is 6.91. The Bertz CT molecular complexity index is 848. The van der Waals surface area contributed by atoms with Crippen LogP contribution in [0.25, 0.3) is 0 Å². The summed E-state index contributed by atoms with van der Waals surface area (Å²) in [6.07, 6.45) is 2.36. The van der Waals surface area contributed by atoms with Crippen molar-refractivity contribution in [1.82, 2.24) is 15.1 Å². The van der Waals surface area contributed by atoms with E-state index in [9.17, 15) is 14.7 Å². The molecule has 0 radical (unpaired) electrons. The van der Waals surface area contributed by atoms with Gasteiger partial charge in [-0.2, -0.15) is 0 Å². The lowest BCUT2D eigenvalue weighted by atomic mass is 10.0. The van der Waals surface area contributed by atoms with Gasteiger partial charge in [-0.15, -0.1) is 0 Å². The van der Waals surface area contributed by atoms with Gasteiger partial charge in [0, 0.05) is 37.8 Å². The van der Waals surface area contributed by atoms with Crippen LogP contribution in [-0.4, -0.2) is 72.1 Å². The van der Waals surface area contributed by atoms with E-state index < -0.39 is 0 Å². The third-order valence-electron chi connectivity index (χ3n) is 5.91. The van der Waals surface area contributed by atoms with Crippen molar-refractivity contribution < 1.29 is 14.7 Å². The molecule has 1 heterocycles. The van der Waals surface area contributed by atoms with Gasteiger partial charge in [-0.1, -0.05) is 48.5 Å². The Morgan fingerprint density at radius 1 is 1.03 bits per heavy atom. The molecule has 1 fully saturated rings. The minimum Gasteiger partial charge on any atom is -0.395 e. The van der Waals surface area contributed by atoms with Crippen LogP contribution in [0.4, 0.5) is 0 Å². The molecule has 1 aliphatic heterocycles.